The monoisotopic (exact) mass is 312 g/mol. The van der Waals surface area contributed by atoms with Gasteiger partial charge in [-0.05, 0) is 27.2 Å². The Morgan fingerprint density at radius 1 is 1.57 bits per heavy atom. The van der Waals surface area contributed by atoms with Gasteiger partial charge in [-0.3, -0.25) is 4.79 Å². The normalized spacial score (nSPS) is 21.8. The van der Waals surface area contributed by atoms with E-state index < -0.39 is 0 Å². The average Bonchev–Trinajstić information content (AvgIpc) is 2.93. The summed E-state index contributed by atoms with van der Waals surface area (Å²) in [4.78, 5) is 12.2. The number of nitrogens with one attached hydrogen (secondary N) is 1. The number of carbonyl (C=O) groups excluding carboxylic acids is 1. The lowest BCUT2D eigenvalue weighted by atomic mass is 10.0. The zero-order valence-electron chi connectivity index (χ0n) is 13.1. The van der Waals surface area contributed by atoms with Crippen LogP contribution in [0.15, 0.2) is 0 Å². The molecular formula is C15H24N2O3S. The molecule has 1 aliphatic heterocycles. The lowest BCUT2D eigenvalue weighted by Gasteiger charge is -2.17. The molecule has 6 heteroatoms. The number of nitrogens with two attached hydrogens (primary N) is 1. The van der Waals surface area contributed by atoms with Gasteiger partial charge in [-0.1, -0.05) is 0 Å². The van der Waals surface area contributed by atoms with E-state index in [1.165, 1.54) is 18.3 Å². The third-order valence-electron chi connectivity index (χ3n) is 3.63. The van der Waals surface area contributed by atoms with Gasteiger partial charge in [0.05, 0.1) is 22.8 Å². The first kappa shape index (κ1) is 16.1. The van der Waals surface area contributed by atoms with Crippen LogP contribution in [0.25, 0.3) is 0 Å². The van der Waals surface area contributed by atoms with Crippen molar-refractivity contribution in [2.45, 2.75) is 46.3 Å². The number of Topliss-reactive ketones (excluding diaryl/α,β-unsaturated/α-hetero) is 1. The van der Waals surface area contributed by atoms with Crippen LogP contribution >= 0.6 is 11.3 Å². The van der Waals surface area contributed by atoms with Crippen LogP contribution in [0.1, 0.15) is 43.8 Å². The van der Waals surface area contributed by atoms with Gasteiger partial charge >= 0.3 is 0 Å². The first-order valence-corrected chi connectivity index (χ1v) is 8.17. The lowest BCUT2D eigenvalue weighted by molar-refractivity contribution is 0.102. The van der Waals surface area contributed by atoms with Crippen LogP contribution < -0.4 is 15.8 Å². The Morgan fingerprint density at radius 2 is 2.29 bits per heavy atom. The van der Waals surface area contributed by atoms with Crippen LogP contribution in [0.4, 0.5) is 10.7 Å². The van der Waals surface area contributed by atoms with E-state index in [1.54, 1.807) is 0 Å². The topological polar surface area (TPSA) is 73.6 Å². The maximum atomic E-state index is 11.7. The molecule has 1 saturated heterocycles. The van der Waals surface area contributed by atoms with E-state index in [1.807, 2.05) is 13.8 Å². The molecule has 2 heterocycles. The third kappa shape index (κ3) is 3.68. The van der Waals surface area contributed by atoms with Crippen LogP contribution in [0, 0.1) is 5.92 Å². The van der Waals surface area contributed by atoms with Gasteiger partial charge in [0.2, 0.25) is 0 Å². The number of carbonyl (C=O) groups is 1. The predicted octanol–water partition coefficient (Wildman–Crippen LogP) is 3.16. The highest BCUT2D eigenvalue weighted by Gasteiger charge is 2.26. The van der Waals surface area contributed by atoms with Gasteiger partial charge in [-0.2, -0.15) is 0 Å². The number of ether oxygens (including phenoxy) is 2. The van der Waals surface area contributed by atoms with Gasteiger partial charge in [0.1, 0.15) is 5.00 Å². The molecule has 2 atom stereocenters. The zero-order chi connectivity index (χ0) is 15.6. The molecule has 1 aliphatic rings. The van der Waals surface area contributed by atoms with Crippen LogP contribution in [0.2, 0.25) is 0 Å². The third-order valence-corrected chi connectivity index (χ3v) is 4.88. The van der Waals surface area contributed by atoms with Crippen molar-refractivity contribution in [2.75, 3.05) is 24.2 Å². The molecule has 3 N–H and O–H groups in total. The molecule has 1 aromatic heterocycles. The summed E-state index contributed by atoms with van der Waals surface area (Å²) < 4.78 is 11.4. The Hall–Kier alpha value is -1.27. The summed E-state index contributed by atoms with van der Waals surface area (Å²) in [6.07, 6.45) is 1.32. The minimum absolute atomic E-state index is 0.0102. The largest absolute Gasteiger partial charge is 0.486 e. The fourth-order valence-corrected chi connectivity index (χ4v) is 3.38. The van der Waals surface area contributed by atoms with Crippen molar-refractivity contribution in [1.82, 2.24) is 0 Å². The molecule has 0 spiro atoms. The highest BCUT2D eigenvalue weighted by Crippen LogP contribution is 2.43. The predicted molar refractivity (Wildman–Crippen MR) is 86.5 cm³/mol. The van der Waals surface area contributed by atoms with E-state index >= 15 is 0 Å². The summed E-state index contributed by atoms with van der Waals surface area (Å²) in [5, 5.41) is 4.23. The van der Waals surface area contributed by atoms with E-state index in [2.05, 4.69) is 12.2 Å². The molecule has 1 fully saturated rings. The molecule has 21 heavy (non-hydrogen) atoms. The van der Waals surface area contributed by atoms with Crippen LogP contribution in [0.3, 0.4) is 0 Å². The SMILES string of the molecule is CC(=O)c1sc(NCC2CCOC2C)c(OC(C)C)c1N. The van der Waals surface area contributed by atoms with Crippen molar-refractivity contribution >= 4 is 27.8 Å². The Balaban J connectivity index is 2.16. The molecule has 2 rings (SSSR count). The quantitative estimate of drug-likeness (QED) is 0.789. The summed E-state index contributed by atoms with van der Waals surface area (Å²) in [5.41, 5.74) is 6.51. The molecule has 0 aliphatic carbocycles. The van der Waals surface area contributed by atoms with Crippen molar-refractivity contribution in [3.8, 4) is 5.75 Å². The van der Waals surface area contributed by atoms with Crippen LogP contribution in [0.5, 0.6) is 5.75 Å². The van der Waals surface area contributed by atoms with E-state index in [0.717, 1.165) is 24.6 Å². The minimum Gasteiger partial charge on any atom is -0.486 e. The van der Waals surface area contributed by atoms with E-state index in [4.69, 9.17) is 15.2 Å². The minimum atomic E-state index is -0.0308. The lowest BCUT2D eigenvalue weighted by Crippen LogP contribution is -2.20. The van der Waals surface area contributed by atoms with Gasteiger partial charge in [0.25, 0.3) is 0 Å². The smallest absolute Gasteiger partial charge is 0.177 e. The first-order valence-electron chi connectivity index (χ1n) is 7.35. The highest BCUT2D eigenvalue weighted by atomic mass is 32.1. The van der Waals surface area contributed by atoms with Crippen molar-refractivity contribution in [3.05, 3.63) is 4.88 Å². The Morgan fingerprint density at radius 3 is 2.81 bits per heavy atom. The van der Waals surface area contributed by atoms with E-state index in [0.29, 0.717) is 22.2 Å². The molecular weight excluding hydrogens is 288 g/mol. The number of hydrogen-bond acceptors (Lipinski definition) is 6. The van der Waals surface area contributed by atoms with Crippen molar-refractivity contribution in [1.29, 1.82) is 0 Å². The summed E-state index contributed by atoms with van der Waals surface area (Å²) >= 11 is 1.37. The molecule has 2 unspecified atom stereocenters. The fraction of sp³-hybridized carbons (Fsp3) is 0.667. The number of nitrogen functional groups attached to an aromatic ring is 1. The van der Waals surface area contributed by atoms with Crippen LogP contribution in [-0.2, 0) is 4.74 Å². The zero-order valence-corrected chi connectivity index (χ0v) is 13.9. The number of ketones is 1. The van der Waals surface area contributed by atoms with Crippen molar-refractivity contribution in [2.24, 2.45) is 5.92 Å². The average molecular weight is 312 g/mol. The molecule has 0 bridgehead atoms. The van der Waals surface area contributed by atoms with Gasteiger partial charge in [-0.25, -0.2) is 0 Å². The molecule has 0 saturated carbocycles. The van der Waals surface area contributed by atoms with Gasteiger partial charge in [-0.15, -0.1) is 11.3 Å². The molecule has 0 aromatic carbocycles. The summed E-state index contributed by atoms with van der Waals surface area (Å²) in [7, 11) is 0. The molecule has 0 amide bonds. The Labute approximate surface area is 129 Å². The second-order valence-electron chi connectivity index (χ2n) is 5.73. The molecule has 0 radical (unpaired) electrons. The van der Waals surface area contributed by atoms with Gasteiger partial charge in [0.15, 0.2) is 11.5 Å². The maximum Gasteiger partial charge on any atom is 0.177 e. The highest BCUT2D eigenvalue weighted by molar-refractivity contribution is 7.19. The molecule has 118 valence electrons. The summed E-state index contributed by atoms with van der Waals surface area (Å²) in [5.74, 6) is 1.05. The standard InChI is InChI=1S/C15H24N2O3S/c1-8(2)20-13-12(16)14(9(3)18)21-15(13)17-7-11-5-6-19-10(11)4/h8,10-11,17H,5-7,16H2,1-4H3. The van der Waals surface area contributed by atoms with E-state index in [9.17, 15) is 4.79 Å². The van der Waals surface area contributed by atoms with Crippen LogP contribution in [-0.4, -0.2) is 31.1 Å². The van der Waals surface area contributed by atoms with Crippen molar-refractivity contribution in [3.63, 3.8) is 0 Å². The van der Waals surface area contributed by atoms with E-state index in [-0.39, 0.29) is 18.0 Å². The molecule has 1 aromatic rings. The first-order chi connectivity index (χ1) is 9.90. The van der Waals surface area contributed by atoms with Gasteiger partial charge in [0, 0.05) is 26.0 Å². The number of hydrogen-bond donors (Lipinski definition) is 2. The summed E-state index contributed by atoms with van der Waals surface area (Å²) in [6, 6.07) is 0. The van der Waals surface area contributed by atoms with Crippen molar-refractivity contribution < 1.29 is 14.3 Å². The van der Waals surface area contributed by atoms with Gasteiger partial charge < -0.3 is 20.5 Å². The summed E-state index contributed by atoms with van der Waals surface area (Å²) in [6.45, 7) is 9.12. The second kappa shape index (κ2) is 6.66. The molecule has 5 nitrogen and oxygen atoms in total. The Bertz CT molecular complexity index is 513. The number of thiophene rings is 1. The second-order valence-corrected chi connectivity index (χ2v) is 6.75. The number of anilines is 2. The number of rotatable bonds is 6. The maximum absolute atomic E-state index is 11.7. The Kier molecular flexibility index (Phi) is 5.11. The fourth-order valence-electron chi connectivity index (χ4n) is 2.43.